The minimum Gasteiger partial charge on any atom is -0.345 e. The first kappa shape index (κ1) is 21.5. The molecule has 0 aliphatic rings. The number of rotatable bonds is 4. The maximum atomic E-state index is 12.9. The summed E-state index contributed by atoms with van der Waals surface area (Å²) in [5.41, 5.74) is 3.15. The highest BCUT2D eigenvalue weighted by Crippen LogP contribution is 2.30. The molecule has 0 spiro atoms. The van der Waals surface area contributed by atoms with Crippen LogP contribution >= 0.6 is 34.5 Å². The zero-order chi connectivity index (χ0) is 21.5. The first-order valence-corrected chi connectivity index (χ1v) is 10.5. The summed E-state index contributed by atoms with van der Waals surface area (Å²) >= 11 is 13.2. The van der Waals surface area contributed by atoms with Crippen LogP contribution in [0.2, 0.25) is 10.0 Å². The summed E-state index contributed by atoms with van der Waals surface area (Å²) in [6.07, 6.45) is 0. The van der Waals surface area contributed by atoms with Crippen LogP contribution in [0.25, 0.3) is 10.6 Å². The molecular formula is C20H20Cl2N4O2S. The van der Waals surface area contributed by atoms with Gasteiger partial charge in [0.25, 0.3) is 11.5 Å². The molecule has 0 aliphatic heterocycles. The molecule has 1 unspecified atom stereocenters. The van der Waals surface area contributed by atoms with Crippen molar-refractivity contribution >= 4 is 40.4 Å². The van der Waals surface area contributed by atoms with Gasteiger partial charge in [-0.1, -0.05) is 29.3 Å². The average Bonchev–Trinajstić information content (AvgIpc) is 3.04. The third-order valence-corrected chi connectivity index (χ3v) is 6.65. The molecule has 29 heavy (non-hydrogen) atoms. The minimum atomic E-state index is -0.278. The molecule has 3 rings (SSSR count). The molecule has 9 heteroatoms. The fraction of sp³-hybridized carbons (Fsp3) is 0.300. The predicted molar refractivity (Wildman–Crippen MR) is 117 cm³/mol. The number of hydrogen-bond acceptors (Lipinski definition) is 5. The van der Waals surface area contributed by atoms with Crippen LogP contribution in [0.4, 0.5) is 0 Å². The highest BCUT2D eigenvalue weighted by molar-refractivity contribution is 7.17. The van der Waals surface area contributed by atoms with Crippen LogP contribution in [0.15, 0.2) is 23.0 Å². The lowest BCUT2D eigenvalue weighted by molar-refractivity contribution is 0.0943. The molecule has 0 radical (unpaired) electrons. The second-order valence-corrected chi connectivity index (χ2v) is 8.63. The van der Waals surface area contributed by atoms with Crippen LogP contribution in [0.3, 0.4) is 0 Å². The molecule has 0 saturated carbocycles. The molecule has 2 aromatic heterocycles. The van der Waals surface area contributed by atoms with E-state index >= 15 is 0 Å². The Kier molecular flexibility index (Phi) is 6.12. The van der Waals surface area contributed by atoms with Crippen LogP contribution in [0, 0.1) is 20.8 Å². The molecule has 1 aromatic carbocycles. The highest BCUT2D eigenvalue weighted by atomic mass is 35.5. The van der Waals surface area contributed by atoms with E-state index in [1.54, 1.807) is 26.1 Å². The van der Waals surface area contributed by atoms with Crippen molar-refractivity contribution in [2.24, 2.45) is 7.05 Å². The smallest absolute Gasteiger partial charge is 0.277 e. The number of benzene rings is 1. The third kappa shape index (κ3) is 4.22. The average molecular weight is 451 g/mol. The summed E-state index contributed by atoms with van der Waals surface area (Å²) in [5.74, 6) is -0.259. The number of aromatic nitrogens is 3. The lowest BCUT2D eigenvalue weighted by Crippen LogP contribution is -2.26. The van der Waals surface area contributed by atoms with E-state index < -0.39 is 0 Å². The van der Waals surface area contributed by atoms with E-state index in [0.717, 1.165) is 16.8 Å². The van der Waals surface area contributed by atoms with Crippen LogP contribution in [-0.4, -0.2) is 20.7 Å². The molecular weight excluding hydrogens is 431 g/mol. The van der Waals surface area contributed by atoms with E-state index in [0.29, 0.717) is 31.2 Å². The van der Waals surface area contributed by atoms with Gasteiger partial charge in [0, 0.05) is 7.05 Å². The van der Waals surface area contributed by atoms with Crippen molar-refractivity contribution < 1.29 is 4.79 Å². The van der Waals surface area contributed by atoms with E-state index in [1.165, 1.54) is 16.0 Å². The molecule has 0 fully saturated rings. The Labute approximate surface area is 182 Å². The molecule has 1 N–H and O–H groups in total. The molecule has 6 nitrogen and oxygen atoms in total. The van der Waals surface area contributed by atoms with E-state index in [9.17, 15) is 9.59 Å². The van der Waals surface area contributed by atoms with Gasteiger partial charge < -0.3 is 5.32 Å². The fourth-order valence-electron chi connectivity index (χ4n) is 2.94. The predicted octanol–water partition coefficient (Wildman–Crippen LogP) is 4.63. The van der Waals surface area contributed by atoms with Gasteiger partial charge >= 0.3 is 0 Å². The van der Waals surface area contributed by atoms with Crippen molar-refractivity contribution in [1.82, 2.24) is 20.1 Å². The van der Waals surface area contributed by atoms with Gasteiger partial charge in [0.2, 0.25) is 0 Å². The van der Waals surface area contributed by atoms with Crippen molar-refractivity contribution in [3.8, 4) is 10.6 Å². The Bertz CT molecular complexity index is 1170. The van der Waals surface area contributed by atoms with Crippen LogP contribution < -0.4 is 10.9 Å². The maximum absolute atomic E-state index is 12.9. The molecule has 0 saturated heterocycles. The van der Waals surface area contributed by atoms with E-state index in [-0.39, 0.29) is 17.5 Å². The van der Waals surface area contributed by atoms with Gasteiger partial charge in [-0.2, -0.15) is 5.10 Å². The molecule has 1 amide bonds. The molecule has 1 atom stereocenters. The topological polar surface area (TPSA) is 76.9 Å². The molecule has 0 aliphatic carbocycles. The Morgan fingerprint density at radius 3 is 2.52 bits per heavy atom. The summed E-state index contributed by atoms with van der Waals surface area (Å²) in [5, 5.41) is 8.55. The number of amides is 1. The number of hydrogen-bond donors (Lipinski definition) is 1. The lowest BCUT2D eigenvalue weighted by Gasteiger charge is -2.14. The fourth-order valence-corrected chi connectivity index (χ4v) is 4.31. The van der Waals surface area contributed by atoms with Gasteiger partial charge in [-0.3, -0.25) is 9.59 Å². The monoisotopic (exact) mass is 450 g/mol. The molecule has 152 valence electrons. The zero-order valence-corrected chi connectivity index (χ0v) is 19.0. The zero-order valence-electron chi connectivity index (χ0n) is 16.6. The number of carbonyl (C=O) groups is 1. The second-order valence-electron chi connectivity index (χ2n) is 6.82. The van der Waals surface area contributed by atoms with E-state index in [1.807, 2.05) is 26.8 Å². The maximum Gasteiger partial charge on any atom is 0.277 e. The SMILES string of the molecule is Cc1nc(-c2c(C)c(C)nn(C)c2=O)sc1C(=O)NC(C)c1ccc(Cl)c(Cl)c1. The van der Waals surface area contributed by atoms with E-state index in [2.05, 4.69) is 15.4 Å². The van der Waals surface area contributed by atoms with E-state index in [4.69, 9.17) is 23.2 Å². The number of carbonyl (C=O) groups excluding carboxylic acids is 1. The lowest BCUT2D eigenvalue weighted by atomic mass is 10.1. The Morgan fingerprint density at radius 1 is 1.17 bits per heavy atom. The summed E-state index contributed by atoms with van der Waals surface area (Å²) in [6, 6.07) is 4.96. The first-order chi connectivity index (χ1) is 13.6. The number of aryl methyl sites for hydroxylation is 3. The summed E-state index contributed by atoms with van der Waals surface area (Å²) in [7, 11) is 1.60. The van der Waals surface area contributed by atoms with Gasteiger partial charge in [0.15, 0.2) is 0 Å². The standard InChI is InChI=1S/C20H20Cl2N4O2S/c1-9-10(2)25-26(5)20(28)16(9)19-24-12(4)17(29-19)18(27)23-11(3)13-6-7-14(21)15(22)8-13/h6-8,11H,1-5H3,(H,23,27). The second kappa shape index (κ2) is 8.26. The Balaban J connectivity index is 1.92. The van der Waals surface area contributed by atoms with Gasteiger partial charge in [-0.15, -0.1) is 11.3 Å². The quantitative estimate of drug-likeness (QED) is 0.628. The largest absolute Gasteiger partial charge is 0.345 e. The summed E-state index contributed by atoms with van der Waals surface area (Å²) in [6.45, 7) is 7.29. The first-order valence-electron chi connectivity index (χ1n) is 8.88. The summed E-state index contributed by atoms with van der Waals surface area (Å²) < 4.78 is 1.29. The number of halogens is 2. The van der Waals surface area contributed by atoms with Gasteiger partial charge in [-0.25, -0.2) is 9.67 Å². The molecule has 2 heterocycles. The van der Waals surface area contributed by atoms with Crippen molar-refractivity contribution in [3.63, 3.8) is 0 Å². The van der Waals surface area contributed by atoms with Crippen molar-refractivity contribution in [3.05, 3.63) is 66.0 Å². The van der Waals surface area contributed by atoms with Crippen LogP contribution in [-0.2, 0) is 7.05 Å². The number of nitrogens with zero attached hydrogens (tertiary/aromatic N) is 3. The van der Waals surface area contributed by atoms with Crippen LogP contribution in [0.5, 0.6) is 0 Å². The minimum absolute atomic E-state index is 0.238. The van der Waals surface area contributed by atoms with Gasteiger partial charge in [0.1, 0.15) is 9.88 Å². The summed E-state index contributed by atoms with van der Waals surface area (Å²) in [4.78, 5) is 30.4. The highest BCUT2D eigenvalue weighted by Gasteiger charge is 2.22. The van der Waals surface area contributed by atoms with Crippen molar-refractivity contribution in [1.29, 1.82) is 0 Å². The van der Waals surface area contributed by atoms with Crippen molar-refractivity contribution in [2.75, 3.05) is 0 Å². The normalized spacial score (nSPS) is 12.1. The molecule has 3 aromatic rings. The Morgan fingerprint density at radius 2 is 1.86 bits per heavy atom. The number of thiazole rings is 1. The van der Waals surface area contributed by atoms with Gasteiger partial charge in [0.05, 0.1) is 33.0 Å². The third-order valence-electron chi connectivity index (χ3n) is 4.73. The van der Waals surface area contributed by atoms with Gasteiger partial charge in [-0.05, 0) is 51.0 Å². The van der Waals surface area contributed by atoms with Crippen LogP contribution in [0.1, 0.15) is 45.2 Å². The molecule has 0 bridgehead atoms. The van der Waals surface area contributed by atoms with Crippen molar-refractivity contribution in [2.45, 2.75) is 33.7 Å². The Hall–Kier alpha value is -2.22. The number of nitrogens with one attached hydrogen (secondary N) is 1.